The minimum absolute atomic E-state index is 0.0239. The molecule has 0 spiro atoms. The van der Waals surface area contributed by atoms with Crippen molar-refractivity contribution in [3.8, 4) is 17.1 Å². The maximum atomic E-state index is 12.0. The summed E-state index contributed by atoms with van der Waals surface area (Å²) in [7, 11) is 0. The third-order valence-corrected chi connectivity index (χ3v) is 4.53. The molecule has 1 aliphatic heterocycles. The summed E-state index contributed by atoms with van der Waals surface area (Å²) in [5, 5.41) is 17.0. The van der Waals surface area contributed by atoms with E-state index in [0.717, 1.165) is 5.56 Å². The maximum absolute atomic E-state index is 12.0. The van der Waals surface area contributed by atoms with Gasteiger partial charge in [0.2, 0.25) is 17.6 Å². The fourth-order valence-electron chi connectivity index (χ4n) is 2.88. The zero-order chi connectivity index (χ0) is 18.7. The number of rotatable bonds is 6. The van der Waals surface area contributed by atoms with Crippen LogP contribution in [-0.4, -0.2) is 63.9 Å². The summed E-state index contributed by atoms with van der Waals surface area (Å²) in [5.74, 6) is 1.66. The summed E-state index contributed by atoms with van der Waals surface area (Å²) >= 11 is 0. The molecule has 1 amide bonds. The van der Waals surface area contributed by atoms with Crippen LogP contribution in [0.5, 0.6) is 5.75 Å². The number of amides is 1. The first kappa shape index (κ1) is 18.3. The number of carbonyl (C=O) groups excluding carboxylic acids is 1. The minimum atomic E-state index is -0.695. The first-order chi connectivity index (χ1) is 12.4. The Hall–Kier alpha value is -2.45. The first-order valence-corrected chi connectivity index (χ1v) is 8.61. The van der Waals surface area contributed by atoms with Crippen LogP contribution < -0.4 is 10.1 Å². The molecule has 0 bridgehead atoms. The van der Waals surface area contributed by atoms with E-state index >= 15 is 0 Å². The SMILES string of the molecule is Cc1nc(-c2ccc(OCC(O)CN3CCNC(=O)C3(C)C)cc2)no1. The number of aliphatic hydroxyl groups is 1. The van der Waals surface area contributed by atoms with Gasteiger partial charge in [0, 0.05) is 32.1 Å². The van der Waals surface area contributed by atoms with E-state index < -0.39 is 11.6 Å². The van der Waals surface area contributed by atoms with Crippen molar-refractivity contribution in [1.29, 1.82) is 0 Å². The van der Waals surface area contributed by atoms with Crippen molar-refractivity contribution in [2.24, 2.45) is 0 Å². The second-order valence-corrected chi connectivity index (χ2v) is 6.89. The van der Waals surface area contributed by atoms with Gasteiger partial charge in [-0.1, -0.05) is 5.16 Å². The van der Waals surface area contributed by atoms with Crippen LogP contribution >= 0.6 is 0 Å². The molecule has 2 N–H and O–H groups in total. The van der Waals surface area contributed by atoms with Gasteiger partial charge in [-0.25, -0.2) is 0 Å². The average molecular weight is 360 g/mol. The second kappa shape index (κ2) is 7.43. The van der Waals surface area contributed by atoms with Crippen LogP contribution in [-0.2, 0) is 4.79 Å². The third-order valence-electron chi connectivity index (χ3n) is 4.53. The van der Waals surface area contributed by atoms with Crippen LogP contribution in [0.4, 0.5) is 0 Å². The van der Waals surface area contributed by atoms with E-state index in [1.54, 1.807) is 19.1 Å². The molecular formula is C18H24N4O4. The summed E-state index contributed by atoms with van der Waals surface area (Å²) < 4.78 is 10.6. The van der Waals surface area contributed by atoms with Gasteiger partial charge in [0.05, 0.1) is 5.54 Å². The summed E-state index contributed by atoms with van der Waals surface area (Å²) in [5.41, 5.74) is 0.194. The molecule has 0 saturated carbocycles. The van der Waals surface area contributed by atoms with Crippen LogP contribution in [0.2, 0.25) is 0 Å². The van der Waals surface area contributed by atoms with Crippen LogP contribution in [0.15, 0.2) is 28.8 Å². The van der Waals surface area contributed by atoms with E-state index in [1.165, 1.54) is 0 Å². The molecule has 2 aromatic rings. The van der Waals surface area contributed by atoms with Crippen LogP contribution in [0, 0.1) is 6.92 Å². The number of aromatic nitrogens is 2. The lowest BCUT2D eigenvalue weighted by Gasteiger charge is -2.41. The van der Waals surface area contributed by atoms with Gasteiger partial charge < -0.3 is 19.7 Å². The predicted octanol–water partition coefficient (Wildman–Crippen LogP) is 0.995. The molecular weight excluding hydrogens is 336 g/mol. The summed E-state index contributed by atoms with van der Waals surface area (Å²) in [6.07, 6.45) is -0.695. The van der Waals surface area contributed by atoms with Crippen molar-refractivity contribution in [3.05, 3.63) is 30.2 Å². The van der Waals surface area contributed by atoms with Crippen molar-refractivity contribution in [3.63, 3.8) is 0 Å². The highest BCUT2D eigenvalue weighted by molar-refractivity contribution is 5.86. The number of ether oxygens (including phenoxy) is 1. The predicted molar refractivity (Wildman–Crippen MR) is 94.6 cm³/mol. The van der Waals surface area contributed by atoms with Crippen molar-refractivity contribution in [2.45, 2.75) is 32.4 Å². The summed E-state index contributed by atoms with van der Waals surface area (Å²) in [6, 6.07) is 7.27. The van der Waals surface area contributed by atoms with E-state index in [0.29, 0.717) is 37.1 Å². The van der Waals surface area contributed by atoms with E-state index in [9.17, 15) is 9.90 Å². The van der Waals surface area contributed by atoms with Crippen molar-refractivity contribution in [2.75, 3.05) is 26.2 Å². The molecule has 0 radical (unpaired) electrons. The number of piperazine rings is 1. The summed E-state index contributed by atoms with van der Waals surface area (Å²) in [6.45, 7) is 7.26. The number of hydrogen-bond donors (Lipinski definition) is 2. The number of benzene rings is 1. The van der Waals surface area contributed by atoms with Crippen LogP contribution in [0.3, 0.4) is 0 Å². The van der Waals surface area contributed by atoms with Gasteiger partial charge in [-0.2, -0.15) is 4.98 Å². The molecule has 1 aromatic carbocycles. The Kier molecular flexibility index (Phi) is 5.24. The number of β-amino-alcohol motifs (C(OH)–C–C–N with tert-alkyl or cyclic N) is 1. The Balaban J connectivity index is 1.53. The fourth-order valence-corrected chi connectivity index (χ4v) is 2.88. The van der Waals surface area contributed by atoms with E-state index in [2.05, 4.69) is 15.5 Å². The van der Waals surface area contributed by atoms with Gasteiger partial charge in [0.1, 0.15) is 18.5 Å². The molecule has 2 heterocycles. The highest BCUT2D eigenvalue weighted by Gasteiger charge is 2.38. The van der Waals surface area contributed by atoms with E-state index in [-0.39, 0.29) is 12.5 Å². The second-order valence-electron chi connectivity index (χ2n) is 6.89. The number of nitrogens with one attached hydrogen (secondary N) is 1. The summed E-state index contributed by atoms with van der Waals surface area (Å²) in [4.78, 5) is 18.1. The standard InChI is InChI=1S/C18H24N4O4/c1-12-20-16(21-26-12)13-4-6-15(7-5-13)25-11-14(23)10-22-9-8-19-17(24)18(22,2)3/h4-7,14,23H,8-11H2,1-3H3,(H,19,24). The van der Waals surface area contributed by atoms with Gasteiger partial charge in [-0.15, -0.1) is 0 Å². The van der Waals surface area contributed by atoms with Crippen molar-refractivity contribution >= 4 is 5.91 Å². The Morgan fingerprint density at radius 3 is 2.77 bits per heavy atom. The van der Waals surface area contributed by atoms with Crippen molar-refractivity contribution in [1.82, 2.24) is 20.4 Å². The van der Waals surface area contributed by atoms with Crippen LogP contribution in [0.25, 0.3) is 11.4 Å². The molecule has 140 valence electrons. The van der Waals surface area contributed by atoms with Gasteiger partial charge in [-0.3, -0.25) is 9.69 Å². The Morgan fingerprint density at radius 1 is 1.38 bits per heavy atom. The highest BCUT2D eigenvalue weighted by Crippen LogP contribution is 2.21. The maximum Gasteiger partial charge on any atom is 0.240 e. The Morgan fingerprint density at radius 2 is 2.12 bits per heavy atom. The lowest BCUT2D eigenvalue weighted by molar-refractivity contribution is -0.136. The monoisotopic (exact) mass is 360 g/mol. The number of aliphatic hydroxyl groups excluding tert-OH is 1. The molecule has 1 fully saturated rings. The number of aryl methyl sites for hydroxylation is 1. The number of hydrogen-bond acceptors (Lipinski definition) is 7. The normalized spacial score (nSPS) is 18.4. The molecule has 8 nitrogen and oxygen atoms in total. The molecule has 8 heteroatoms. The van der Waals surface area contributed by atoms with Gasteiger partial charge in [0.25, 0.3) is 0 Å². The molecule has 1 aliphatic rings. The zero-order valence-electron chi connectivity index (χ0n) is 15.2. The third kappa shape index (κ3) is 4.03. The minimum Gasteiger partial charge on any atom is -0.491 e. The zero-order valence-corrected chi connectivity index (χ0v) is 15.2. The lowest BCUT2D eigenvalue weighted by Crippen LogP contribution is -2.63. The average Bonchev–Trinajstić information content (AvgIpc) is 3.04. The molecule has 1 saturated heterocycles. The number of nitrogens with zero attached hydrogens (tertiary/aromatic N) is 3. The molecule has 0 aliphatic carbocycles. The van der Waals surface area contributed by atoms with Gasteiger partial charge >= 0.3 is 0 Å². The largest absolute Gasteiger partial charge is 0.491 e. The molecule has 1 unspecified atom stereocenters. The van der Waals surface area contributed by atoms with Crippen LogP contribution in [0.1, 0.15) is 19.7 Å². The lowest BCUT2D eigenvalue weighted by atomic mass is 9.98. The topological polar surface area (TPSA) is 101 Å². The molecule has 26 heavy (non-hydrogen) atoms. The van der Waals surface area contributed by atoms with Crippen molar-refractivity contribution < 1.29 is 19.2 Å². The number of carbonyl (C=O) groups is 1. The van der Waals surface area contributed by atoms with Gasteiger partial charge in [-0.05, 0) is 38.1 Å². The Labute approximate surface area is 152 Å². The fraction of sp³-hybridized carbons (Fsp3) is 0.500. The molecule has 3 rings (SSSR count). The van der Waals surface area contributed by atoms with E-state index in [1.807, 2.05) is 30.9 Å². The smallest absolute Gasteiger partial charge is 0.240 e. The molecule has 1 aromatic heterocycles. The first-order valence-electron chi connectivity index (χ1n) is 8.61. The highest BCUT2D eigenvalue weighted by atomic mass is 16.5. The Bertz CT molecular complexity index is 757. The van der Waals surface area contributed by atoms with Gasteiger partial charge in [0.15, 0.2) is 0 Å². The van der Waals surface area contributed by atoms with E-state index in [4.69, 9.17) is 9.26 Å². The quantitative estimate of drug-likeness (QED) is 0.792. The molecule has 1 atom stereocenters.